The van der Waals surface area contributed by atoms with Crippen LogP contribution in [0.4, 0.5) is 11.4 Å². The van der Waals surface area contributed by atoms with Gasteiger partial charge in [0.1, 0.15) is 5.92 Å². The second-order valence-electron chi connectivity index (χ2n) is 4.98. The number of carbonyl (C=O) groups excluding carboxylic acids is 1. The molecule has 0 saturated heterocycles. The van der Waals surface area contributed by atoms with Crippen LogP contribution in [0.5, 0.6) is 0 Å². The molecular weight excluding hydrogens is 280 g/mol. The predicted molar refractivity (Wildman–Crippen MR) is 88.9 cm³/mol. The minimum atomic E-state index is -0.304. The molecule has 0 aliphatic carbocycles. The van der Waals surface area contributed by atoms with Crippen molar-refractivity contribution in [2.45, 2.75) is 17.7 Å². The molecule has 0 radical (unpaired) electrons. The predicted octanol–water partition coefficient (Wildman–Crippen LogP) is 4.16. The fraction of sp³-hybridized carbons (Fsp3) is 0.176. The number of benzene rings is 2. The second-order valence-corrected chi connectivity index (χ2v) is 5.86. The Labute approximate surface area is 128 Å². The molecule has 2 aromatic carbocycles. The molecule has 0 saturated carbocycles. The van der Waals surface area contributed by atoms with Gasteiger partial charge in [-0.3, -0.25) is 9.79 Å². The number of carbonyl (C=O) groups is 1. The maximum Gasteiger partial charge on any atom is 0.237 e. The number of nitrogens with zero attached hydrogens (tertiary/aromatic N) is 1. The van der Waals surface area contributed by atoms with Crippen molar-refractivity contribution in [1.82, 2.24) is 0 Å². The van der Waals surface area contributed by atoms with E-state index in [4.69, 9.17) is 0 Å². The molecule has 21 heavy (non-hydrogen) atoms. The Hall–Kier alpha value is -2.07. The van der Waals surface area contributed by atoms with E-state index in [0.29, 0.717) is 0 Å². The molecule has 1 aliphatic rings. The summed E-state index contributed by atoms with van der Waals surface area (Å²) < 4.78 is 0. The number of thioether (sulfide) groups is 1. The molecule has 2 aromatic rings. The van der Waals surface area contributed by atoms with Crippen molar-refractivity contribution in [3.05, 3.63) is 53.6 Å². The molecule has 3 nitrogen and oxygen atoms in total. The molecule has 0 aromatic heterocycles. The summed E-state index contributed by atoms with van der Waals surface area (Å²) in [4.78, 5) is 17.8. The smallest absolute Gasteiger partial charge is 0.237 e. The highest BCUT2D eigenvalue weighted by atomic mass is 32.2. The van der Waals surface area contributed by atoms with Gasteiger partial charge in [0, 0.05) is 16.8 Å². The van der Waals surface area contributed by atoms with E-state index in [0.717, 1.165) is 22.5 Å². The Morgan fingerprint density at radius 3 is 2.67 bits per heavy atom. The van der Waals surface area contributed by atoms with Crippen molar-refractivity contribution in [2.24, 2.45) is 4.99 Å². The largest absolute Gasteiger partial charge is 0.325 e. The fourth-order valence-corrected chi connectivity index (χ4v) is 2.92. The third-order valence-electron chi connectivity index (χ3n) is 3.62. The number of nitrogens with one attached hydrogen (secondary N) is 1. The maximum absolute atomic E-state index is 12.1. The average molecular weight is 296 g/mol. The number of hydrogen-bond acceptors (Lipinski definition) is 3. The van der Waals surface area contributed by atoms with E-state index in [2.05, 4.69) is 10.3 Å². The molecule has 4 heteroatoms. The number of anilines is 1. The third kappa shape index (κ3) is 2.72. The first kappa shape index (κ1) is 13.9. The van der Waals surface area contributed by atoms with Crippen LogP contribution in [0.2, 0.25) is 0 Å². The number of hydrogen-bond donors (Lipinski definition) is 1. The molecule has 1 heterocycles. The molecule has 3 rings (SSSR count). The lowest BCUT2D eigenvalue weighted by Gasteiger charge is -2.06. The fourth-order valence-electron chi connectivity index (χ4n) is 2.52. The SMILES string of the molecule is CSc1ccc(N=CC2C(=O)Nc3cccc(C)c32)cc1. The summed E-state index contributed by atoms with van der Waals surface area (Å²) in [5, 5.41) is 2.91. The van der Waals surface area contributed by atoms with Crippen LogP contribution < -0.4 is 5.32 Å². The molecule has 1 atom stereocenters. The summed E-state index contributed by atoms with van der Waals surface area (Å²) in [6.45, 7) is 2.02. The van der Waals surface area contributed by atoms with Crippen molar-refractivity contribution < 1.29 is 4.79 Å². The lowest BCUT2D eigenvalue weighted by molar-refractivity contribution is -0.115. The highest BCUT2D eigenvalue weighted by molar-refractivity contribution is 7.98. The number of amides is 1. The Balaban J connectivity index is 1.88. The van der Waals surface area contributed by atoms with Crippen LogP contribution in [0.3, 0.4) is 0 Å². The van der Waals surface area contributed by atoms with Gasteiger partial charge in [-0.05, 0) is 54.6 Å². The van der Waals surface area contributed by atoms with Gasteiger partial charge in [0.05, 0.1) is 5.69 Å². The van der Waals surface area contributed by atoms with Gasteiger partial charge in [0.2, 0.25) is 5.91 Å². The van der Waals surface area contributed by atoms with Crippen molar-refractivity contribution >= 4 is 35.3 Å². The van der Waals surface area contributed by atoms with E-state index in [1.807, 2.05) is 55.6 Å². The first-order valence-corrected chi connectivity index (χ1v) is 8.00. The van der Waals surface area contributed by atoms with Gasteiger partial charge >= 0.3 is 0 Å². The first-order chi connectivity index (χ1) is 10.2. The summed E-state index contributed by atoms with van der Waals surface area (Å²) in [5.41, 5.74) is 3.91. The van der Waals surface area contributed by atoms with Crippen molar-refractivity contribution in [2.75, 3.05) is 11.6 Å². The zero-order valence-electron chi connectivity index (χ0n) is 12.0. The summed E-state index contributed by atoms with van der Waals surface area (Å²) >= 11 is 1.70. The van der Waals surface area contributed by atoms with E-state index in [1.54, 1.807) is 18.0 Å². The van der Waals surface area contributed by atoms with Crippen molar-refractivity contribution in [3.8, 4) is 0 Å². The van der Waals surface area contributed by atoms with Gasteiger partial charge < -0.3 is 5.32 Å². The Morgan fingerprint density at radius 2 is 1.95 bits per heavy atom. The lowest BCUT2D eigenvalue weighted by atomic mass is 9.97. The minimum absolute atomic E-state index is 0.0104. The van der Waals surface area contributed by atoms with Gasteiger partial charge in [-0.25, -0.2) is 0 Å². The second kappa shape index (κ2) is 5.74. The number of fused-ring (bicyclic) bond motifs is 1. The van der Waals surface area contributed by atoms with Crippen LogP contribution in [0.25, 0.3) is 0 Å². The van der Waals surface area contributed by atoms with Gasteiger partial charge in [0.25, 0.3) is 0 Å². The molecule has 0 fully saturated rings. The standard InChI is InChI=1S/C17H16N2OS/c1-11-4-3-5-15-16(11)14(17(20)19-15)10-18-12-6-8-13(21-2)9-7-12/h3-10,14H,1-2H3,(H,19,20). The van der Waals surface area contributed by atoms with Crippen LogP contribution >= 0.6 is 11.8 Å². The molecule has 1 N–H and O–H groups in total. The van der Waals surface area contributed by atoms with Crippen LogP contribution in [-0.4, -0.2) is 18.4 Å². The van der Waals surface area contributed by atoms with E-state index < -0.39 is 0 Å². The van der Waals surface area contributed by atoms with Crippen molar-refractivity contribution in [3.63, 3.8) is 0 Å². The molecule has 1 aliphatic heterocycles. The van der Waals surface area contributed by atoms with Gasteiger partial charge in [-0.15, -0.1) is 11.8 Å². The number of aliphatic imine (C=N–C) groups is 1. The first-order valence-electron chi connectivity index (χ1n) is 6.77. The maximum atomic E-state index is 12.1. The summed E-state index contributed by atoms with van der Waals surface area (Å²) in [6.07, 6.45) is 3.78. The van der Waals surface area contributed by atoms with Crippen molar-refractivity contribution in [1.29, 1.82) is 0 Å². The van der Waals surface area contributed by atoms with E-state index in [1.165, 1.54) is 4.90 Å². The zero-order valence-corrected chi connectivity index (χ0v) is 12.8. The molecule has 1 amide bonds. The Bertz CT molecular complexity index is 707. The molecule has 0 spiro atoms. The lowest BCUT2D eigenvalue weighted by Crippen LogP contribution is -2.13. The Morgan fingerprint density at radius 1 is 1.19 bits per heavy atom. The molecular formula is C17H16N2OS. The monoisotopic (exact) mass is 296 g/mol. The van der Waals surface area contributed by atoms with E-state index in [-0.39, 0.29) is 11.8 Å². The topological polar surface area (TPSA) is 41.5 Å². The summed E-state index contributed by atoms with van der Waals surface area (Å²) in [5.74, 6) is -0.315. The minimum Gasteiger partial charge on any atom is -0.325 e. The highest BCUT2D eigenvalue weighted by Crippen LogP contribution is 2.34. The molecule has 106 valence electrons. The van der Waals surface area contributed by atoms with Gasteiger partial charge in [-0.2, -0.15) is 0 Å². The number of rotatable bonds is 3. The normalized spacial score (nSPS) is 17.0. The zero-order chi connectivity index (χ0) is 14.8. The molecule has 1 unspecified atom stereocenters. The van der Waals surface area contributed by atoms with E-state index >= 15 is 0 Å². The van der Waals surface area contributed by atoms with Crippen LogP contribution in [-0.2, 0) is 4.79 Å². The quantitative estimate of drug-likeness (QED) is 0.682. The summed E-state index contributed by atoms with van der Waals surface area (Å²) in [6, 6.07) is 13.9. The van der Waals surface area contributed by atoms with Crippen LogP contribution in [0, 0.1) is 6.92 Å². The highest BCUT2D eigenvalue weighted by Gasteiger charge is 2.30. The number of aryl methyl sites for hydroxylation is 1. The van der Waals surface area contributed by atoms with Crippen LogP contribution in [0.15, 0.2) is 52.4 Å². The summed E-state index contributed by atoms with van der Waals surface area (Å²) in [7, 11) is 0. The average Bonchev–Trinajstić information content (AvgIpc) is 2.82. The van der Waals surface area contributed by atoms with E-state index in [9.17, 15) is 4.79 Å². The van der Waals surface area contributed by atoms with Gasteiger partial charge in [0.15, 0.2) is 0 Å². The Kier molecular flexibility index (Phi) is 3.80. The molecule has 0 bridgehead atoms. The van der Waals surface area contributed by atoms with Crippen LogP contribution in [0.1, 0.15) is 17.0 Å². The third-order valence-corrected chi connectivity index (χ3v) is 4.36. The van der Waals surface area contributed by atoms with Gasteiger partial charge in [-0.1, -0.05) is 12.1 Å².